The van der Waals surface area contributed by atoms with Crippen LogP contribution in [-0.2, 0) is 0 Å². The summed E-state index contributed by atoms with van der Waals surface area (Å²) in [7, 11) is 0. The monoisotopic (exact) mass is 166 g/mol. The van der Waals surface area contributed by atoms with E-state index >= 15 is 0 Å². The molecule has 1 aromatic carbocycles. The maximum absolute atomic E-state index is 10.1. The Morgan fingerprint density at radius 1 is 1.33 bits per heavy atom. The van der Waals surface area contributed by atoms with Crippen LogP contribution in [0, 0.1) is 20.9 Å². The number of hydrogen-bond donors (Lipinski definition) is 1. The van der Waals surface area contributed by atoms with E-state index in [0.29, 0.717) is 0 Å². The van der Waals surface area contributed by atoms with Gasteiger partial charge in [-0.15, -0.1) is 0 Å². The molecule has 6 nitrogen and oxygen atoms in total. The first-order chi connectivity index (χ1) is 5.72. The smallest absolute Gasteiger partial charge is 0.292 e. The van der Waals surface area contributed by atoms with Crippen molar-refractivity contribution in [3.63, 3.8) is 0 Å². The normalized spacial score (nSPS) is 7.83. The molecule has 0 saturated heterocycles. The van der Waals surface area contributed by atoms with E-state index in [0.717, 1.165) is 0 Å². The van der Waals surface area contributed by atoms with E-state index in [4.69, 9.17) is 16.5 Å². The molecule has 0 aromatic heterocycles. The Balaban J connectivity index is 0.000000561. The summed E-state index contributed by atoms with van der Waals surface area (Å²) in [4.78, 5) is 9.64. The number of para-hydroxylation sites is 2. The number of rotatable bonds is 1. The summed E-state index contributed by atoms with van der Waals surface area (Å²) < 4.78 is 0. The molecule has 0 bridgehead atoms. The van der Waals surface area contributed by atoms with Crippen LogP contribution in [0.4, 0.5) is 11.4 Å². The van der Waals surface area contributed by atoms with Crippen molar-refractivity contribution < 1.29 is 4.92 Å². The van der Waals surface area contributed by atoms with Crippen molar-refractivity contribution in [3.05, 3.63) is 34.4 Å². The fraction of sp³-hybridized carbons (Fsp3) is 0. The van der Waals surface area contributed by atoms with Crippen LogP contribution in [0.1, 0.15) is 0 Å². The molecule has 0 unspecified atom stereocenters. The molecule has 0 aliphatic carbocycles. The van der Waals surface area contributed by atoms with Gasteiger partial charge in [-0.1, -0.05) is 12.1 Å². The van der Waals surface area contributed by atoms with E-state index in [9.17, 15) is 10.1 Å². The number of nitrogens with two attached hydrogens (primary N) is 1. The Kier molecular flexibility index (Phi) is 3.79. The molecule has 0 aliphatic rings. The summed E-state index contributed by atoms with van der Waals surface area (Å²) in [6.45, 7) is 0. The fourth-order valence-corrected chi connectivity index (χ4v) is 0.654. The lowest BCUT2D eigenvalue weighted by Gasteiger charge is -1.92. The van der Waals surface area contributed by atoms with E-state index in [1.165, 1.54) is 12.1 Å². The zero-order valence-electron chi connectivity index (χ0n) is 6.04. The third-order valence-corrected chi connectivity index (χ3v) is 1.13. The zero-order chi connectivity index (χ0) is 9.56. The summed E-state index contributed by atoms with van der Waals surface area (Å²) in [5.41, 5.74) is 5.44. The Bertz CT molecular complexity index is 297. The second-order valence-corrected chi connectivity index (χ2v) is 1.82. The van der Waals surface area contributed by atoms with Gasteiger partial charge >= 0.3 is 0 Å². The van der Waals surface area contributed by atoms with Crippen molar-refractivity contribution >= 4 is 11.4 Å². The quantitative estimate of drug-likeness (QED) is 0.291. The highest BCUT2D eigenvalue weighted by atomic mass is 16.6. The lowest BCUT2D eigenvalue weighted by Crippen LogP contribution is -1.93. The highest BCUT2D eigenvalue weighted by Gasteiger charge is 2.07. The molecule has 6 heteroatoms. The van der Waals surface area contributed by atoms with Crippen LogP contribution in [0.3, 0.4) is 0 Å². The van der Waals surface area contributed by atoms with Gasteiger partial charge in [-0.2, -0.15) is 0 Å². The molecule has 0 fully saturated rings. The Hall–Kier alpha value is -2.16. The van der Waals surface area contributed by atoms with Gasteiger partial charge in [0.05, 0.1) is 4.92 Å². The summed E-state index contributed by atoms with van der Waals surface area (Å²) in [6, 6.07) is 6.10. The molecule has 0 aliphatic heterocycles. The van der Waals surface area contributed by atoms with Crippen LogP contribution in [0.15, 0.2) is 24.3 Å². The predicted octanol–water partition coefficient (Wildman–Crippen LogP) is 1.21. The highest BCUT2D eigenvalue weighted by molar-refractivity contribution is 5.57. The zero-order valence-corrected chi connectivity index (χ0v) is 6.04. The van der Waals surface area contributed by atoms with E-state index in [2.05, 4.69) is 0 Å². The van der Waals surface area contributed by atoms with Crippen LogP contribution in [-0.4, -0.2) is 4.92 Å². The number of nitrogens with zero attached hydrogens (tertiary/aromatic N) is 3. The molecule has 0 heterocycles. The summed E-state index contributed by atoms with van der Waals surface area (Å²) in [6.07, 6.45) is 0. The minimum atomic E-state index is -0.505. The van der Waals surface area contributed by atoms with Crippen molar-refractivity contribution in [3.8, 4) is 0 Å². The molecule has 12 heavy (non-hydrogen) atoms. The summed E-state index contributed by atoms with van der Waals surface area (Å²) in [5.74, 6) is 0. The fourth-order valence-electron chi connectivity index (χ4n) is 0.654. The van der Waals surface area contributed by atoms with Gasteiger partial charge in [0, 0.05) is 16.9 Å². The molecule has 0 amide bonds. The first kappa shape index (κ1) is 9.84. The van der Waals surface area contributed by atoms with Crippen LogP contribution in [0.25, 0.3) is 0 Å². The number of hydrogen-bond acceptors (Lipinski definition) is 5. The van der Waals surface area contributed by atoms with E-state index in [1.54, 1.807) is 12.1 Å². The van der Waals surface area contributed by atoms with Crippen LogP contribution in [0.2, 0.25) is 0 Å². The second-order valence-electron chi connectivity index (χ2n) is 1.82. The van der Waals surface area contributed by atoms with E-state index in [-0.39, 0.29) is 11.4 Å². The molecule has 2 N–H and O–H groups in total. The molecule has 0 radical (unpaired) electrons. The number of nitro groups is 1. The SMILES string of the molecule is N#N.Nc1ccccc1[N+](=O)[O-]. The highest BCUT2D eigenvalue weighted by Crippen LogP contribution is 2.18. The third kappa shape index (κ3) is 2.22. The first-order valence-electron chi connectivity index (χ1n) is 2.90. The minimum Gasteiger partial charge on any atom is -0.393 e. The van der Waals surface area contributed by atoms with Gasteiger partial charge in [-0.3, -0.25) is 10.1 Å². The second kappa shape index (κ2) is 4.62. The number of benzene rings is 1. The molecule has 62 valence electrons. The Labute approximate surface area is 68.2 Å². The van der Waals surface area contributed by atoms with Gasteiger partial charge in [0.1, 0.15) is 5.69 Å². The van der Waals surface area contributed by atoms with Crippen molar-refractivity contribution in [1.82, 2.24) is 0 Å². The van der Waals surface area contributed by atoms with E-state index in [1.807, 2.05) is 0 Å². The largest absolute Gasteiger partial charge is 0.393 e. The van der Waals surface area contributed by atoms with Gasteiger partial charge in [0.25, 0.3) is 5.69 Å². The number of nitro benzene ring substituents is 1. The number of anilines is 1. The van der Waals surface area contributed by atoms with E-state index < -0.39 is 4.92 Å². The van der Waals surface area contributed by atoms with Gasteiger partial charge in [0.2, 0.25) is 0 Å². The van der Waals surface area contributed by atoms with Crippen molar-refractivity contribution in [2.45, 2.75) is 0 Å². The summed E-state index contributed by atoms with van der Waals surface area (Å²) >= 11 is 0. The van der Waals surface area contributed by atoms with Crippen molar-refractivity contribution in [2.24, 2.45) is 0 Å². The maximum atomic E-state index is 10.1. The molecular weight excluding hydrogens is 160 g/mol. The first-order valence-corrected chi connectivity index (χ1v) is 2.90. The molecule has 1 rings (SSSR count). The number of nitrogen functional groups attached to an aromatic ring is 1. The third-order valence-electron chi connectivity index (χ3n) is 1.13. The average Bonchev–Trinajstić information content (AvgIpc) is 2.08. The van der Waals surface area contributed by atoms with Gasteiger partial charge in [0.15, 0.2) is 0 Å². The average molecular weight is 166 g/mol. The van der Waals surface area contributed by atoms with Crippen LogP contribution in [0.5, 0.6) is 0 Å². The Morgan fingerprint density at radius 2 is 1.83 bits per heavy atom. The lowest BCUT2D eigenvalue weighted by molar-refractivity contribution is -0.383. The molecule has 1 aromatic rings. The molecule has 0 spiro atoms. The van der Waals surface area contributed by atoms with Crippen molar-refractivity contribution in [2.75, 3.05) is 5.73 Å². The van der Waals surface area contributed by atoms with Gasteiger partial charge < -0.3 is 5.73 Å². The van der Waals surface area contributed by atoms with Crippen LogP contribution >= 0.6 is 0 Å². The topological polar surface area (TPSA) is 117 Å². The molecule has 0 saturated carbocycles. The minimum absolute atomic E-state index is 0.0394. The molecular formula is C6H6N4O2. The van der Waals surface area contributed by atoms with Gasteiger partial charge in [-0.05, 0) is 6.07 Å². The predicted molar refractivity (Wildman–Crippen MR) is 41.0 cm³/mol. The van der Waals surface area contributed by atoms with Crippen LogP contribution < -0.4 is 5.73 Å². The lowest BCUT2D eigenvalue weighted by atomic mass is 10.3. The van der Waals surface area contributed by atoms with Gasteiger partial charge in [-0.25, -0.2) is 0 Å². The van der Waals surface area contributed by atoms with Crippen molar-refractivity contribution in [1.29, 1.82) is 10.8 Å². The summed E-state index contributed by atoms with van der Waals surface area (Å²) in [5, 5.41) is 22.1. The molecule has 0 atom stereocenters. The Morgan fingerprint density at radius 3 is 2.17 bits per heavy atom. The maximum Gasteiger partial charge on any atom is 0.292 e. The standard InChI is InChI=1S/C6H6N2O2.N2/c7-5-3-1-2-4-6(5)8(9)10;1-2/h1-4H,7H2;.